The molecule has 54 valence electrons. The first-order valence-electron chi connectivity index (χ1n) is 2.72. The monoisotopic (exact) mass is 219 g/mol. The third kappa shape index (κ3) is 2.57. The molecule has 10 heavy (non-hydrogen) atoms. The Kier molecular flexibility index (Phi) is 4.51. The van der Waals surface area contributed by atoms with Crippen molar-refractivity contribution in [3.63, 3.8) is 0 Å². The van der Waals surface area contributed by atoms with E-state index in [9.17, 15) is 9.59 Å². The van der Waals surface area contributed by atoms with Gasteiger partial charge in [0.15, 0.2) is 0 Å². The Morgan fingerprint density at radius 3 is 2.50 bits per heavy atom. The molecule has 1 fully saturated rings. The second kappa shape index (κ2) is 4.33. The first-order chi connectivity index (χ1) is 4.20. The Morgan fingerprint density at radius 2 is 2.30 bits per heavy atom. The molecule has 1 rings (SSSR count). The number of hydrogen-bond acceptors (Lipinski definition) is 2. The third-order valence-corrected chi connectivity index (χ3v) is 1.29. The van der Waals surface area contributed by atoms with E-state index < -0.39 is 12.0 Å². The number of amides is 1. The summed E-state index contributed by atoms with van der Waals surface area (Å²) in [4.78, 5) is 20.5. The number of nitrogens with one attached hydrogen (secondary N) is 1. The molecule has 0 aromatic carbocycles. The van der Waals surface area contributed by atoms with Gasteiger partial charge in [-0.05, 0) is 6.42 Å². The van der Waals surface area contributed by atoms with E-state index in [0.717, 1.165) is 0 Å². The SMILES string of the molecule is O=C1CCC(C(=O)O)N1.[SrH2]. The van der Waals surface area contributed by atoms with Crippen LogP contribution in [0.4, 0.5) is 0 Å². The van der Waals surface area contributed by atoms with E-state index in [-0.39, 0.29) is 51.4 Å². The van der Waals surface area contributed by atoms with Crippen molar-refractivity contribution in [3.8, 4) is 0 Å². The van der Waals surface area contributed by atoms with Gasteiger partial charge in [0.25, 0.3) is 0 Å². The Bertz CT molecular complexity index is 159. The van der Waals surface area contributed by atoms with E-state index >= 15 is 0 Å². The summed E-state index contributed by atoms with van der Waals surface area (Å²) in [6, 6.07) is -0.641. The average Bonchev–Trinajstić information content (AvgIpc) is 2.14. The molecule has 1 atom stereocenters. The molecule has 0 saturated carbocycles. The molecule has 0 aromatic rings. The second-order valence-corrected chi connectivity index (χ2v) is 2.00. The van der Waals surface area contributed by atoms with Crippen LogP contribution in [0.5, 0.6) is 0 Å². The Balaban J connectivity index is 0.000000810. The molecule has 4 nitrogen and oxygen atoms in total. The van der Waals surface area contributed by atoms with E-state index in [2.05, 4.69) is 5.32 Å². The summed E-state index contributed by atoms with van der Waals surface area (Å²) >= 11 is 0. The van der Waals surface area contributed by atoms with Gasteiger partial charge >= 0.3 is 51.5 Å². The zero-order valence-corrected chi connectivity index (χ0v) is 4.76. The number of carboxylic acids is 1. The minimum atomic E-state index is -0.944. The molecule has 0 radical (unpaired) electrons. The molecule has 2 N–H and O–H groups in total. The maximum atomic E-state index is 10.4. The van der Waals surface area contributed by atoms with Gasteiger partial charge in [0.1, 0.15) is 6.04 Å². The van der Waals surface area contributed by atoms with Crippen molar-refractivity contribution in [2.75, 3.05) is 0 Å². The number of hydrogen-bond donors (Lipinski definition) is 2. The number of carboxylic acid groups (broad SMARTS) is 1. The third-order valence-electron chi connectivity index (χ3n) is 1.29. The fraction of sp³-hybridized carbons (Fsp3) is 0.600. The average molecular weight is 219 g/mol. The number of carbonyl (C=O) groups excluding carboxylic acids is 1. The fourth-order valence-electron chi connectivity index (χ4n) is 0.799. The minimum absolute atomic E-state index is 0. The molecule has 5 heteroatoms. The second-order valence-electron chi connectivity index (χ2n) is 2.00. The molecule has 1 aliphatic heterocycles. The maximum absolute atomic E-state index is 10.4. The molecule has 1 amide bonds. The summed E-state index contributed by atoms with van der Waals surface area (Å²) in [6.07, 6.45) is 0.769. The van der Waals surface area contributed by atoms with Gasteiger partial charge in [0, 0.05) is 6.42 Å². The number of carbonyl (C=O) groups is 2. The Labute approximate surface area is 95.2 Å². The molecule has 0 aromatic heterocycles. The zero-order valence-electron chi connectivity index (χ0n) is 4.76. The molecule has 0 bridgehead atoms. The van der Waals surface area contributed by atoms with Crippen LogP contribution in [0.3, 0.4) is 0 Å². The van der Waals surface area contributed by atoms with Gasteiger partial charge in [-0.2, -0.15) is 0 Å². The van der Waals surface area contributed by atoms with Crippen molar-refractivity contribution >= 4 is 57.4 Å². The zero-order chi connectivity index (χ0) is 6.85. The van der Waals surface area contributed by atoms with Gasteiger partial charge in [-0.3, -0.25) is 4.79 Å². The predicted octanol–water partition coefficient (Wildman–Crippen LogP) is -1.57. The van der Waals surface area contributed by atoms with Gasteiger partial charge in [0.05, 0.1) is 0 Å². The first kappa shape index (κ1) is 10.4. The summed E-state index contributed by atoms with van der Waals surface area (Å²) in [5.74, 6) is -1.11. The molecular formula is C5H9NO3Sr. The summed E-state index contributed by atoms with van der Waals surface area (Å²) < 4.78 is 0. The topological polar surface area (TPSA) is 66.4 Å². The van der Waals surface area contributed by atoms with E-state index in [1.807, 2.05) is 0 Å². The van der Waals surface area contributed by atoms with Crippen LogP contribution in [0.25, 0.3) is 0 Å². The van der Waals surface area contributed by atoms with Crippen LogP contribution >= 0.6 is 0 Å². The van der Waals surface area contributed by atoms with Crippen molar-refractivity contribution in [2.24, 2.45) is 0 Å². The fourth-order valence-corrected chi connectivity index (χ4v) is 0.799. The Morgan fingerprint density at radius 1 is 1.70 bits per heavy atom. The first-order valence-corrected chi connectivity index (χ1v) is 2.72. The Hall–Kier alpha value is 0.421. The van der Waals surface area contributed by atoms with Crippen molar-refractivity contribution in [3.05, 3.63) is 0 Å². The predicted molar refractivity (Wildman–Crippen MR) is 37.3 cm³/mol. The quantitative estimate of drug-likeness (QED) is 0.523. The van der Waals surface area contributed by atoms with Crippen LogP contribution in [-0.4, -0.2) is 68.5 Å². The van der Waals surface area contributed by atoms with Crippen molar-refractivity contribution in [2.45, 2.75) is 18.9 Å². The standard InChI is InChI=1S/C5H7NO3.Sr.2H/c7-4-2-1-3(6-4)5(8)9;;;/h3H,1-2H2,(H,6,7)(H,8,9);;;. The van der Waals surface area contributed by atoms with Gasteiger partial charge in [0.2, 0.25) is 5.91 Å². The van der Waals surface area contributed by atoms with Crippen molar-refractivity contribution in [1.29, 1.82) is 0 Å². The molecule has 0 aliphatic carbocycles. The summed E-state index contributed by atoms with van der Waals surface area (Å²) in [7, 11) is 0. The van der Waals surface area contributed by atoms with Crippen molar-refractivity contribution < 1.29 is 14.7 Å². The molecule has 1 heterocycles. The molecule has 1 unspecified atom stereocenters. The van der Waals surface area contributed by atoms with E-state index in [0.29, 0.717) is 12.8 Å². The molecule has 1 saturated heterocycles. The normalized spacial score (nSPS) is 23.2. The molecule has 1 aliphatic rings. The number of rotatable bonds is 1. The van der Waals surface area contributed by atoms with Gasteiger partial charge in [-0.1, -0.05) is 0 Å². The van der Waals surface area contributed by atoms with Crippen LogP contribution in [0, 0.1) is 0 Å². The van der Waals surface area contributed by atoms with Crippen LogP contribution in [0.2, 0.25) is 0 Å². The van der Waals surface area contributed by atoms with Crippen LogP contribution in [0.1, 0.15) is 12.8 Å². The van der Waals surface area contributed by atoms with Crippen LogP contribution in [-0.2, 0) is 9.59 Å². The van der Waals surface area contributed by atoms with E-state index in [4.69, 9.17) is 5.11 Å². The molecular weight excluding hydrogens is 210 g/mol. The van der Waals surface area contributed by atoms with E-state index in [1.165, 1.54) is 0 Å². The number of aliphatic carboxylic acids is 1. The summed E-state index contributed by atoms with van der Waals surface area (Å²) in [6.45, 7) is 0. The van der Waals surface area contributed by atoms with Crippen LogP contribution in [0.15, 0.2) is 0 Å². The van der Waals surface area contributed by atoms with Crippen molar-refractivity contribution in [1.82, 2.24) is 5.32 Å². The van der Waals surface area contributed by atoms with Gasteiger partial charge in [-0.15, -0.1) is 0 Å². The summed E-state index contributed by atoms with van der Waals surface area (Å²) in [5.41, 5.74) is 0. The van der Waals surface area contributed by atoms with E-state index in [1.54, 1.807) is 0 Å². The van der Waals surface area contributed by atoms with Gasteiger partial charge in [-0.25, -0.2) is 4.79 Å². The summed E-state index contributed by atoms with van der Waals surface area (Å²) in [5, 5.41) is 10.6. The van der Waals surface area contributed by atoms with Gasteiger partial charge < -0.3 is 10.4 Å². The van der Waals surface area contributed by atoms with Crippen LogP contribution < -0.4 is 5.32 Å². The molecule has 0 spiro atoms.